The Labute approximate surface area is 102 Å². The van der Waals surface area contributed by atoms with Gasteiger partial charge in [0.1, 0.15) is 5.60 Å². The van der Waals surface area contributed by atoms with Crippen LogP contribution in [0.5, 0.6) is 0 Å². The van der Waals surface area contributed by atoms with E-state index in [-0.39, 0.29) is 17.7 Å². The number of ether oxygens (including phenoxy) is 2. The molecule has 1 heterocycles. The summed E-state index contributed by atoms with van der Waals surface area (Å²) in [5.41, 5.74) is 5.46. The molecule has 1 aliphatic heterocycles. The predicted octanol–water partition coefficient (Wildman–Crippen LogP) is 1.11. The molecular formula is C12H22N2O3. The maximum atomic E-state index is 12.1. The number of morpholine rings is 1. The van der Waals surface area contributed by atoms with Gasteiger partial charge in [0.05, 0.1) is 19.3 Å². The van der Waals surface area contributed by atoms with Crippen molar-refractivity contribution in [3.05, 3.63) is 0 Å². The lowest BCUT2D eigenvalue weighted by Gasteiger charge is -2.39. The summed E-state index contributed by atoms with van der Waals surface area (Å²) < 4.78 is 10.8. The maximum absolute atomic E-state index is 12.1. The van der Waals surface area contributed by atoms with Crippen LogP contribution >= 0.6 is 0 Å². The van der Waals surface area contributed by atoms with Crippen LogP contribution in [0.25, 0.3) is 0 Å². The first-order chi connectivity index (χ1) is 7.82. The highest BCUT2D eigenvalue weighted by Crippen LogP contribution is 2.39. The van der Waals surface area contributed by atoms with Gasteiger partial charge in [0.25, 0.3) is 0 Å². The van der Waals surface area contributed by atoms with E-state index in [0.717, 1.165) is 12.8 Å². The van der Waals surface area contributed by atoms with Crippen LogP contribution in [0.1, 0.15) is 33.6 Å². The minimum Gasteiger partial charge on any atom is -0.444 e. The molecule has 0 aromatic rings. The van der Waals surface area contributed by atoms with Gasteiger partial charge in [-0.1, -0.05) is 0 Å². The molecule has 2 fully saturated rings. The second kappa shape index (κ2) is 4.14. The van der Waals surface area contributed by atoms with E-state index in [0.29, 0.717) is 19.8 Å². The van der Waals surface area contributed by atoms with Crippen molar-refractivity contribution in [2.45, 2.75) is 50.8 Å². The van der Waals surface area contributed by atoms with E-state index < -0.39 is 5.60 Å². The molecule has 5 heteroatoms. The molecule has 2 aliphatic rings. The molecule has 17 heavy (non-hydrogen) atoms. The van der Waals surface area contributed by atoms with Crippen LogP contribution in [0.4, 0.5) is 4.79 Å². The topological polar surface area (TPSA) is 64.8 Å². The van der Waals surface area contributed by atoms with E-state index in [2.05, 4.69) is 0 Å². The van der Waals surface area contributed by atoms with E-state index in [1.165, 1.54) is 0 Å². The lowest BCUT2D eigenvalue weighted by molar-refractivity contribution is -0.0405. The molecule has 1 saturated heterocycles. The molecule has 1 atom stereocenters. The Morgan fingerprint density at radius 3 is 2.65 bits per heavy atom. The van der Waals surface area contributed by atoms with Crippen molar-refractivity contribution in [1.29, 1.82) is 0 Å². The Hall–Kier alpha value is -0.810. The highest BCUT2D eigenvalue weighted by Gasteiger charge is 2.51. The van der Waals surface area contributed by atoms with Gasteiger partial charge in [-0.05, 0) is 33.6 Å². The maximum Gasteiger partial charge on any atom is 0.410 e. The van der Waals surface area contributed by atoms with Gasteiger partial charge >= 0.3 is 6.09 Å². The summed E-state index contributed by atoms with van der Waals surface area (Å²) in [6.07, 6.45) is 1.64. The molecule has 1 amide bonds. The van der Waals surface area contributed by atoms with Crippen molar-refractivity contribution >= 4 is 6.09 Å². The molecule has 0 aromatic carbocycles. The van der Waals surface area contributed by atoms with Gasteiger partial charge in [-0.2, -0.15) is 0 Å². The van der Waals surface area contributed by atoms with Gasteiger partial charge in [-0.15, -0.1) is 0 Å². The monoisotopic (exact) mass is 242 g/mol. The summed E-state index contributed by atoms with van der Waals surface area (Å²) in [4.78, 5) is 13.8. The average Bonchev–Trinajstić information content (AvgIpc) is 2.95. The normalized spacial score (nSPS) is 27.8. The zero-order valence-electron chi connectivity index (χ0n) is 10.9. The molecule has 2 rings (SSSR count). The zero-order chi connectivity index (χ0) is 12.7. The lowest BCUT2D eigenvalue weighted by Crippen LogP contribution is -2.58. The van der Waals surface area contributed by atoms with Gasteiger partial charge in [-0.3, -0.25) is 4.90 Å². The van der Waals surface area contributed by atoms with Crippen LogP contribution in [0, 0.1) is 0 Å². The Morgan fingerprint density at radius 1 is 1.47 bits per heavy atom. The van der Waals surface area contributed by atoms with Crippen LogP contribution in [0.2, 0.25) is 0 Å². The minimum absolute atomic E-state index is 0.0360. The second-order valence-corrected chi connectivity index (χ2v) is 6.00. The smallest absolute Gasteiger partial charge is 0.410 e. The largest absolute Gasteiger partial charge is 0.444 e. The minimum atomic E-state index is -0.467. The first kappa shape index (κ1) is 12.6. The lowest BCUT2D eigenvalue weighted by atomic mass is 10.1. The Balaban J connectivity index is 2.03. The van der Waals surface area contributed by atoms with Crippen molar-refractivity contribution in [1.82, 2.24) is 4.90 Å². The van der Waals surface area contributed by atoms with Crippen LogP contribution in [0.3, 0.4) is 0 Å². The molecule has 1 saturated carbocycles. The quantitative estimate of drug-likeness (QED) is 0.748. The second-order valence-electron chi connectivity index (χ2n) is 6.00. The third-order valence-electron chi connectivity index (χ3n) is 3.25. The number of amides is 1. The summed E-state index contributed by atoms with van der Waals surface area (Å²) >= 11 is 0. The van der Waals surface area contributed by atoms with E-state index >= 15 is 0 Å². The average molecular weight is 242 g/mol. The standard InChI is InChI=1S/C12H22N2O3/c1-11(2,3)17-10(15)14-6-7-16-8-9(14)12(13)4-5-12/h9H,4-8,13H2,1-3H3. The summed E-state index contributed by atoms with van der Waals surface area (Å²) in [5, 5.41) is 0. The third kappa shape index (κ3) is 2.90. The molecule has 0 spiro atoms. The van der Waals surface area contributed by atoms with Gasteiger partial charge in [0.2, 0.25) is 0 Å². The molecule has 0 aromatic heterocycles. The summed E-state index contributed by atoms with van der Waals surface area (Å²) in [5.74, 6) is 0. The summed E-state index contributed by atoms with van der Waals surface area (Å²) in [7, 11) is 0. The van der Waals surface area contributed by atoms with Crippen molar-refractivity contribution < 1.29 is 14.3 Å². The fourth-order valence-corrected chi connectivity index (χ4v) is 2.10. The van der Waals surface area contributed by atoms with E-state index in [9.17, 15) is 4.79 Å². The van der Waals surface area contributed by atoms with Gasteiger partial charge in [0.15, 0.2) is 0 Å². The number of carbonyl (C=O) groups excluding carboxylic acids is 1. The highest BCUT2D eigenvalue weighted by molar-refractivity contribution is 5.69. The number of rotatable bonds is 1. The van der Waals surface area contributed by atoms with Gasteiger partial charge in [-0.25, -0.2) is 4.79 Å². The molecule has 98 valence electrons. The SMILES string of the molecule is CC(C)(C)OC(=O)N1CCOCC1C1(N)CC1. The molecule has 0 radical (unpaired) electrons. The molecule has 1 aliphatic carbocycles. The number of hydrogen-bond acceptors (Lipinski definition) is 4. The molecule has 1 unspecified atom stereocenters. The first-order valence-corrected chi connectivity index (χ1v) is 6.18. The number of nitrogens with zero attached hydrogens (tertiary/aromatic N) is 1. The fraction of sp³-hybridized carbons (Fsp3) is 0.917. The molecule has 2 N–H and O–H groups in total. The zero-order valence-corrected chi connectivity index (χ0v) is 10.9. The van der Waals surface area contributed by atoms with E-state index in [4.69, 9.17) is 15.2 Å². The highest BCUT2D eigenvalue weighted by atomic mass is 16.6. The van der Waals surface area contributed by atoms with E-state index in [1.807, 2.05) is 20.8 Å². The van der Waals surface area contributed by atoms with Gasteiger partial charge in [0, 0.05) is 12.1 Å². The Kier molecular flexibility index (Phi) is 3.08. The number of hydrogen-bond donors (Lipinski definition) is 1. The van der Waals surface area contributed by atoms with Gasteiger partial charge < -0.3 is 15.2 Å². The predicted molar refractivity (Wildman–Crippen MR) is 63.7 cm³/mol. The Bertz CT molecular complexity index is 307. The summed E-state index contributed by atoms with van der Waals surface area (Å²) in [6, 6.07) is -0.0360. The molecule has 5 nitrogen and oxygen atoms in total. The van der Waals surface area contributed by atoms with Crippen LogP contribution in [-0.2, 0) is 9.47 Å². The van der Waals surface area contributed by atoms with E-state index in [1.54, 1.807) is 4.90 Å². The summed E-state index contributed by atoms with van der Waals surface area (Å²) in [6.45, 7) is 7.27. The molecule has 0 bridgehead atoms. The van der Waals surface area contributed by atoms with Crippen molar-refractivity contribution in [3.8, 4) is 0 Å². The van der Waals surface area contributed by atoms with Crippen molar-refractivity contribution in [2.75, 3.05) is 19.8 Å². The van der Waals surface area contributed by atoms with Crippen LogP contribution in [0.15, 0.2) is 0 Å². The first-order valence-electron chi connectivity index (χ1n) is 6.18. The number of nitrogens with two attached hydrogens (primary N) is 1. The fourth-order valence-electron chi connectivity index (χ4n) is 2.10. The number of carbonyl (C=O) groups is 1. The van der Waals surface area contributed by atoms with Crippen LogP contribution in [-0.4, -0.2) is 47.9 Å². The Morgan fingerprint density at radius 2 is 2.12 bits per heavy atom. The van der Waals surface area contributed by atoms with Crippen molar-refractivity contribution in [3.63, 3.8) is 0 Å². The van der Waals surface area contributed by atoms with Crippen molar-refractivity contribution in [2.24, 2.45) is 5.73 Å². The molecular weight excluding hydrogens is 220 g/mol. The third-order valence-corrected chi connectivity index (χ3v) is 3.25. The van der Waals surface area contributed by atoms with Crippen LogP contribution < -0.4 is 5.73 Å².